The summed E-state index contributed by atoms with van der Waals surface area (Å²) >= 11 is 17.8. The van der Waals surface area contributed by atoms with Crippen LogP contribution in [0.3, 0.4) is 0 Å². The topological polar surface area (TPSA) is 18.5 Å². The van der Waals surface area contributed by atoms with Crippen LogP contribution in [0.1, 0.15) is 24.5 Å². The molecule has 0 fully saturated rings. The van der Waals surface area contributed by atoms with Crippen molar-refractivity contribution in [1.29, 1.82) is 0 Å². The average Bonchev–Trinajstić information content (AvgIpc) is 2.35. The van der Waals surface area contributed by atoms with Gasteiger partial charge in [0, 0.05) is 11.6 Å². The normalized spacial score (nSPS) is 22.2. The van der Waals surface area contributed by atoms with Crippen LogP contribution in [0.25, 0.3) is 0 Å². The molecule has 0 bridgehead atoms. The average molecular weight is 370 g/mol. The first kappa shape index (κ1) is 16.7. The molecular weight excluding hydrogens is 351 g/mol. The van der Waals surface area contributed by atoms with E-state index in [1.807, 2.05) is 6.07 Å². The molecule has 2 rings (SSSR count). The van der Waals surface area contributed by atoms with Crippen LogP contribution in [0.15, 0.2) is 18.2 Å². The summed E-state index contributed by atoms with van der Waals surface area (Å²) in [6.07, 6.45) is 1.88. The lowest BCUT2D eigenvalue weighted by Crippen LogP contribution is -2.44. The van der Waals surface area contributed by atoms with E-state index in [1.54, 1.807) is 0 Å². The van der Waals surface area contributed by atoms with E-state index < -0.39 is 14.6 Å². The van der Waals surface area contributed by atoms with Gasteiger partial charge in [-0.3, -0.25) is 0 Å². The molecule has 1 aromatic rings. The number of benzene rings is 1. The van der Waals surface area contributed by atoms with Crippen molar-refractivity contribution in [2.45, 2.75) is 45.0 Å². The molecule has 0 radical (unpaired) electrons. The lowest BCUT2D eigenvalue weighted by Gasteiger charge is -2.33. The molecule has 1 aromatic carbocycles. The Bertz CT molecular complexity index is 479. The Hall–Kier alpha value is 0.284. The van der Waals surface area contributed by atoms with Crippen molar-refractivity contribution in [1.82, 2.24) is 0 Å². The Morgan fingerprint density at radius 3 is 2.70 bits per heavy atom. The van der Waals surface area contributed by atoms with Gasteiger partial charge < -0.3 is 8.85 Å². The standard InChI is InChI=1S/C13H19Cl3O2Si2/c1-3-7-19(2)17-10-12-9-11(4-5-13(12)18-19)6-8-20(14,15)16/h4-5,9H,3,6-8,10H2,1-2H3. The maximum atomic E-state index is 6.11. The second kappa shape index (κ2) is 6.59. The Balaban J connectivity index is 2.07. The molecule has 0 spiro atoms. The van der Waals surface area contributed by atoms with Crippen LogP contribution in [-0.2, 0) is 17.5 Å². The molecular formula is C13H19Cl3O2Si2. The van der Waals surface area contributed by atoms with Crippen LogP contribution in [0, 0.1) is 0 Å². The molecule has 112 valence electrons. The van der Waals surface area contributed by atoms with Crippen LogP contribution in [0.2, 0.25) is 18.6 Å². The highest BCUT2D eigenvalue weighted by Crippen LogP contribution is 2.33. The van der Waals surface area contributed by atoms with Crippen molar-refractivity contribution < 1.29 is 8.85 Å². The van der Waals surface area contributed by atoms with Crippen LogP contribution >= 0.6 is 33.2 Å². The predicted octanol–water partition coefficient (Wildman–Crippen LogP) is 5.28. The SMILES string of the molecule is CCC[Si]1(C)OCc2cc(CC[Si](Cl)(Cl)Cl)ccc2O1. The minimum atomic E-state index is -2.55. The summed E-state index contributed by atoms with van der Waals surface area (Å²) in [6, 6.07) is 5.32. The van der Waals surface area contributed by atoms with Gasteiger partial charge in [-0.1, -0.05) is 19.4 Å². The zero-order valence-electron chi connectivity index (χ0n) is 11.7. The van der Waals surface area contributed by atoms with Crippen molar-refractivity contribution in [2.75, 3.05) is 0 Å². The Morgan fingerprint density at radius 1 is 1.30 bits per heavy atom. The highest BCUT2D eigenvalue weighted by atomic mass is 35.8. The fraction of sp³-hybridized carbons (Fsp3) is 0.538. The van der Waals surface area contributed by atoms with E-state index >= 15 is 0 Å². The summed E-state index contributed by atoms with van der Waals surface area (Å²) in [5.74, 6) is 0.966. The minimum absolute atomic E-state index is 0.636. The van der Waals surface area contributed by atoms with E-state index in [0.717, 1.165) is 30.2 Å². The molecule has 20 heavy (non-hydrogen) atoms. The largest absolute Gasteiger partial charge is 0.520 e. The molecule has 1 aliphatic rings. The lowest BCUT2D eigenvalue weighted by molar-refractivity contribution is 0.204. The zero-order valence-corrected chi connectivity index (χ0v) is 16.0. The molecule has 1 unspecified atom stereocenters. The maximum Gasteiger partial charge on any atom is 0.395 e. The summed E-state index contributed by atoms with van der Waals surface area (Å²) in [6.45, 7) is 4.92. The number of aryl methyl sites for hydroxylation is 1. The van der Waals surface area contributed by atoms with Crippen molar-refractivity contribution in [3.05, 3.63) is 29.3 Å². The monoisotopic (exact) mass is 368 g/mol. The quantitative estimate of drug-likeness (QED) is 0.519. The fourth-order valence-electron chi connectivity index (χ4n) is 2.36. The van der Waals surface area contributed by atoms with E-state index in [4.69, 9.17) is 42.1 Å². The van der Waals surface area contributed by atoms with Gasteiger partial charge in [0.15, 0.2) is 0 Å². The van der Waals surface area contributed by atoms with E-state index in [9.17, 15) is 0 Å². The van der Waals surface area contributed by atoms with Crippen molar-refractivity contribution >= 4 is 47.8 Å². The second-order valence-corrected chi connectivity index (χ2v) is 17.9. The highest BCUT2D eigenvalue weighted by Gasteiger charge is 2.36. The third-order valence-corrected chi connectivity index (χ3v) is 8.72. The van der Waals surface area contributed by atoms with Crippen molar-refractivity contribution in [3.8, 4) is 5.75 Å². The summed E-state index contributed by atoms with van der Waals surface area (Å²) in [7, 11) is -2.01. The first-order valence-electron chi connectivity index (χ1n) is 6.83. The summed E-state index contributed by atoms with van der Waals surface area (Å²) in [5, 5.41) is 0. The number of halogens is 3. The van der Waals surface area contributed by atoms with E-state index in [-0.39, 0.29) is 0 Å². The highest BCUT2D eigenvalue weighted by molar-refractivity contribution is 7.64. The molecule has 0 aliphatic carbocycles. The summed E-state index contributed by atoms with van der Waals surface area (Å²) in [4.78, 5) is 0. The Morgan fingerprint density at radius 2 is 2.05 bits per heavy atom. The third-order valence-electron chi connectivity index (χ3n) is 3.39. The van der Waals surface area contributed by atoms with Crippen molar-refractivity contribution in [3.63, 3.8) is 0 Å². The maximum absolute atomic E-state index is 6.11. The molecule has 0 saturated carbocycles. The lowest BCUT2D eigenvalue weighted by atomic mass is 10.1. The third kappa shape index (κ3) is 4.65. The Kier molecular flexibility index (Phi) is 5.48. The van der Waals surface area contributed by atoms with Gasteiger partial charge in [0.1, 0.15) is 5.75 Å². The number of hydrogen-bond acceptors (Lipinski definition) is 2. The first-order valence-corrected chi connectivity index (χ1v) is 14.6. The fourth-order valence-corrected chi connectivity index (χ4v) is 6.12. The van der Waals surface area contributed by atoms with Gasteiger partial charge in [-0.25, -0.2) is 0 Å². The van der Waals surface area contributed by atoms with Crippen LogP contribution in [0.5, 0.6) is 5.75 Å². The molecule has 0 saturated heterocycles. The van der Waals surface area contributed by atoms with Crippen LogP contribution in [0.4, 0.5) is 0 Å². The summed E-state index contributed by atoms with van der Waals surface area (Å²) < 4.78 is 12.1. The van der Waals surface area contributed by atoms with Gasteiger partial charge in [-0.2, -0.15) is 0 Å². The van der Waals surface area contributed by atoms with Crippen molar-refractivity contribution in [2.24, 2.45) is 0 Å². The minimum Gasteiger partial charge on any atom is -0.520 e. The molecule has 0 N–H and O–H groups in total. The van der Waals surface area contributed by atoms with E-state index in [0.29, 0.717) is 12.7 Å². The Labute approximate surface area is 136 Å². The van der Waals surface area contributed by atoms with Gasteiger partial charge in [0.05, 0.1) is 6.61 Å². The van der Waals surface area contributed by atoms with Gasteiger partial charge in [0.2, 0.25) is 0 Å². The smallest absolute Gasteiger partial charge is 0.395 e. The van der Waals surface area contributed by atoms with Gasteiger partial charge in [-0.15, -0.1) is 33.2 Å². The first-order chi connectivity index (χ1) is 9.31. The van der Waals surface area contributed by atoms with Crippen LogP contribution in [-0.4, -0.2) is 14.6 Å². The number of fused-ring (bicyclic) bond motifs is 1. The molecule has 7 heteroatoms. The molecule has 1 atom stereocenters. The van der Waals surface area contributed by atoms with Gasteiger partial charge in [-0.05, 0) is 36.7 Å². The van der Waals surface area contributed by atoms with E-state index in [2.05, 4.69) is 25.6 Å². The summed E-state index contributed by atoms with van der Waals surface area (Å²) in [5.41, 5.74) is 2.28. The molecule has 0 aromatic heterocycles. The molecule has 1 heterocycles. The number of hydrogen-bond donors (Lipinski definition) is 0. The van der Waals surface area contributed by atoms with E-state index in [1.165, 1.54) is 5.56 Å². The zero-order chi connectivity index (χ0) is 14.8. The molecule has 0 amide bonds. The number of rotatable bonds is 5. The van der Waals surface area contributed by atoms with Gasteiger partial charge in [0.25, 0.3) is 0 Å². The predicted molar refractivity (Wildman–Crippen MR) is 90.4 cm³/mol. The molecule has 1 aliphatic heterocycles. The molecule has 2 nitrogen and oxygen atoms in total. The van der Waals surface area contributed by atoms with Gasteiger partial charge >= 0.3 is 14.6 Å². The second-order valence-electron chi connectivity index (χ2n) is 5.33. The van der Waals surface area contributed by atoms with Crippen LogP contribution < -0.4 is 4.43 Å².